The molecule has 0 fully saturated rings. The molecule has 0 spiro atoms. The van der Waals surface area contributed by atoms with Gasteiger partial charge in [0.15, 0.2) is 17.3 Å². The van der Waals surface area contributed by atoms with Crippen molar-refractivity contribution in [3.63, 3.8) is 0 Å². The number of methoxy groups -OCH3 is 1. The Balaban J connectivity index is 1.78. The van der Waals surface area contributed by atoms with Crippen molar-refractivity contribution in [3.05, 3.63) is 63.9 Å². The molecular weight excluding hydrogens is 416 g/mol. The second-order valence-corrected chi connectivity index (χ2v) is 7.26. The van der Waals surface area contributed by atoms with Crippen LogP contribution < -0.4 is 4.74 Å². The van der Waals surface area contributed by atoms with E-state index in [1.165, 1.54) is 12.7 Å². The largest absolute Gasteiger partial charge is 0.504 e. The van der Waals surface area contributed by atoms with Crippen molar-refractivity contribution in [2.24, 2.45) is 5.10 Å². The van der Waals surface area contributed by atoms with Gasteiger partial charge in [0.05, 0.1) is 13.3 Å². The normalized spacial score (nSPS) is 11.2. The molecule has 1 N–H and O–H groups in total. The fraction of sp³-hybridized carbons (Fsp3) is 0.167. The maximum atomic E-state index is 10.2. The topological polar surface area (TPSA) is 72.5 Å². The Hall–Kier alpha value is -2.32. The first-order valence-electron chi connectivity index (χ1n) is 7.78. The zero-order valence-corrected chi connectivity index (χ0v) is 16.7. The van der Waals surface area contributed by atoms with Crippen LogP contribution in [0.3, 0.4) is 0 Å². The van der Waals surface area contributed by atoms with Crippen LogP contribution in [0.25, 0.3) is 0 Å². The van der Waals surface area contributed by atoms with Gasteiger partial charge in [-0.15, -0.1) is 10.2 Å². The quantitative estimate of drug-likeness (QED) is 0.465. The van der Waals surface area contributed by atoms with Crippen molar-refractivity contribution in [2.75, 3.05) is 7.11 Å². The van der Waals surface area contributed by atoms with Crippen LogP contribution in [0.5, 0.6) is 11.5 Å². The van der Waals surface area contributed by atoms with Gasteiger partial charge in [-0.1, -0.05) is 45.9 Å². The Labute approximate surface area is 164 Å². The Bertz CT molecular complexity index is 925. The lowest BCUT2D eigenvalue weighted by Gasteiger charge is -2.06. The number of hydrogen-bond donors (Lipinski definition) is 1. The number of nitrogens with zero attached hydrogens (tertiary/aromatic N) is 4. The number of benzene rings is 2. The molecule has 0 aliphatic heterocycles. The molecule has 1 aromatic heterocycles. The van der Waals surface area contributed by atoms with E-state index in [-0.39, 0.29) is 5.75 Å². The van der Waals surface area contributed by atoms with Gasteiger partial charge in [-0.2, -0.15) is 9.78 Å². The van der Waals surface area contributed by atoms with Crippen molar-refractivity contribution in [2.45, 2.75) is 17.8 Å². The van der Waals surface area contributed by atoms with E-state index in [1.54, 1.807) is 40.9 Å². The Morgan fingerprint density at radius 3 is 2.73 bits per heavy atom. The second-order valence-electron chi connectivity index (χ2n) is 5.40. The molecular formula is C18H17BrN4O2S. The highest BCUT2D eigenvalue weighted by Crippen LogP contribution is 2.28. The highest BCUT2D eigenvalue weighted by molar-refractivity contribution is 9.10. The van der Waals surface area contributed by atoms with E-state index in [0.717, 1.165) is 10.2 Å². The average molecular weight is 433 g/mol. The van der Waals surface area contributed by atoms with Gasteiger partial charge in [-0.3, -0.25) is 0 Å². The van der Waals surface area contributed by atoms with E-state index in [2.05, 4.69) is 43.4 Å². The summed E-state index contributed by atoms with van der Waals surface area (Å²) >= 11 is 4.98. The minimum atomic E-state index is 0.0496. The predicted octanol–water partition coefficient (Wildman–Crippen LogP) is 4.24. The molecule has 0 aliphatic rings. The van der Waals surface area contributed by atoms with Gasteiger partial charge in [0, 0.05) is 15.8 Å². The molecule has 0 radical (unpaired) electrons. The van der Waals surface area contributed by atoms with E-state index in [4.69, 9.17) is 4.74 Å². The number of aryl methyl sites for hydroxylation is 1. The van der Waals surface area contributed by atoms with Crippen molar-refractivity contribution < 1.29 is 9.84 Å². The molecule has 6 nitrogen and oxygen atoms in total. The average Bonchev–Trinajstić information content (AvgIpc) is 3.00. The van der Waals surface area contributed by atoms with Gasteiger partial charge in [-0.05, 0) is 36.8 Å². The number of rotatable bonds is 6. The zero-order chi connectivity index (χ0) is 18.5. The fourth-order valence-corrected chi connectivity index (χ4v) is 3.37. The molecule has 0 atom stereocenters. The summed E-state index contributed by atoms with van der Waals surface area (Å²) in [6.07, 6.45) is 1.57. The minimum absolute atomic E-state index is 0.0496. The summed E-state index contributed by atoms with van der Waals surface area (Å²) < 4.78 is 7.82. The van der Waals surface area contributed by atoms with E-state index in [0.29, 0.717) is 22.3 Å². The molecule has 0 saturated heterocycles. The maximum Gasteiger partial charge on any atom is 0.212 e. The summed E-state index contributed by atoms with van der Waals surface area (Å²) in [4.78, 5) is 0. The predicted molar refractivity (Wildman–Crippen MR) is 106 cm³/mol. The highest BCUT2D eigenvalue weighted by Gasteiger charge is 2.10. The van der Waals surface area contributed by atoms with Gasteiger partial charge < -0.3 is 9.84 Å². The van der Waals surface area contributed by atoms with E-state index in [1.807, 2.05) is 19.1 Å². The number of para-hydroxylation sites is 1. The van der Waals surface area contributed by atoms with Crippen LogP contribution in [-0.4, -0.2) is 33.3 Å². The van der Waals surface area contributed by atoms with Crippen LogP contribution >= 0.6 is 27.7 Å². The van der Waals surface area contributed by atoms with Crippen molar-refractivity contribution in [1.29, 1.82) is 0 Å². The first-order valence-corrected chi connectivity index (χ1v) is 9.56. The monoisotopic (exact) mass is 432 g/mol. The number of aromatic nitrogens is 3. The van der Waals surface area contributed by atoms with Gasteiger partial charge in [-0.25, -0.2) is 0 Å². The van der Waals surface area contributed by atoms with Crippen LogP contribution in [0.15, 0.2) is 57.2 Å². The molecule has 0 amide bonds. The van der Waals surface area contributed by atoms with Crippen molar-refractivity contribution >= 4 is 33.9 Å². The Kier molecular flexibility index (Phi) is 5.95. The van der Waals surface area contributed by atoms with E-state index < -0.39 is 0 Å². The first kappa shape index (κ1) is 18.5. The van der Waals surface area contributed by atoms with Crippen LogP contribution in [0.2, 0.25) is 0 Å². The van der Waals surface area contributed by atoms with E-state index >= 15 is 0 Å². The van der Waals surface area contributed by atoms with Gasteiger partial charge in [0.25, 0.3) is 0 Å². The second kappa shape index (κ2) is 8.37. The van der Waals surface area contributed by atoms with Crippen LogP contribution in [0.1, 0.15) is 17.0 Å². The molecule has 0 bridgehead atoms. The number of halogens is 1. The standard InChI is InChI=1S/C18H17BrN4O2S/c1-12-21-22-18(26-11-13-6-8-15(19)9-7-13)23(12)20-10-14-4-3-5-16(25-2)17(14)24/h3-10,24H,11H2,1-2H3/b20-10+. The minimum Gasteiger partial charge on any atom is -0.504 e. The SMILES string of the molecule is COc1cccc(/C=N/n2c(C)nnc2SCc2ccc(Br)cc2)c1O. The summed E-state index contributed by atoms with van der Waals surface area (Å²) in [6, 6.07) is 13.4. The molecule has 8 heteroatoms. The molecule has 2 aromatic carbocycles. The zero-order valence-electron chi connectivity index (χ0n) is 14.3. The number of thioether (sulfide) groups is 1. The molecule has 3 rings (SSSR count). The maximum absolute atomic E-state index is 10.2. The van der Waals surface area contributed by atoms with Crippen LogP contribution in [0.4, 0.5) is 0 Å². The summed E-state index contributed by atoms with van der Waals surface area (Å²) in [5.74, 6) is 1.88. The lowest BCUT2D eigenvalue weighted by molar-refractivity contribution is 0.373. The van der Waals surface area contributed by atoms with Gasteiger partial charge in [0.2, 0.25) is 5.16 Å². The van der Waals surface area contributed by atoms with Crippen molar-refractivity contribution in [1.82, 2.24) is 14.9 Å². The molecule has 0 unspecified atom stereocenters. The molecule has 134 valence electrons. The Morgan fingerprint density at radius 2 is 2.00 bits per heavy atom. The smallest absolute Gasteiger partial charge is 0.212 e. The third-order valence-electron chi connectivity index (χ3n) is 3.61. The number of hydrogen-bond acceptors (Lipinski definition) is 6. The van der Waals surface area contributed by atoms with Crippen molar-refractivity contribution in [3.8, 4) is 11.5 Å². The van der Waals surface area contributed by atoms with E-state index in [9.17, 15) is 5.11 Å². The Morgan fingerprint density at radius 1 is 1.23 bits per heavy atom. The molecule has 1 heterocycles. The highest BCUT2D eigenvalue weighted by atomic mass is 79.9. The molecule has 3 aromatic rings. The summed E-state index contributed by atoms with van der Waals surface area (Å²) in [5, 5.41) is 23.5. The number of phenols is 1. The summed E-state index contributed by atoms with van der Waals surface area (Å²) in [7, 11) is 1.51. The number of aromatic hydroxyl groups is 1. The molecule has 0 saturated carbocycles. The molecule has 26 heavy (non-hydrogen) atoms. The molecule has 0 aliphatic carbocycles. The third kappa shape index (κ3) is 4.25. The van der Waals surface area contributed by atoms with Gasteiger partial charge in [0.1, 0.15) is 0 Å². The number of phenolic OH excluding ortho intramolecular Hbond substituents is 1. The lowest BCUT2D eigenvalue weighted by atomic mass is 10.2. The first-order chi connectivity index (χ1) is 12.6. The lowest BCUT2D eigenvalue weighted by Crippen LogP contribution is -1.97. The number of ether oxygens (including phenoxy) is 1. The fourth-order valence-electron chi connectivity index (χ4n) is 2.22. The van der Waals surface area contributed by atoms with Crippen LogP contribution in [-0.2, 0) is 5.75 Å². The summed E-state index contributed by atoms with van der Waals surface area (Å²) in [5.41, 5.74) is 1.74. The van der Waals surface area contributed by atoms with Crippen LogP contribution in [0, 0.1) is 6.92 Å². The van der Waals surface area contributed by atoms with Gasteiger partial charge >= 0.3 is 0 Å². The summed E-state index contributed by atoms with van der Waals surface area (Å²) in [6.45, 7) is 1.83. The third-order valence-corrected chi connectivity index (χ3v) is 5.13.